The van der Waals surface area contributed by atoms with Crippen LogP contribution in [0.4, 0.5) is 0 Å². The van der Waals surface area contributed by atoms with Gasteiger partial charge < -0.3 is 5.11 Å². The maximum atomic E-state index is 10.8. The number of aryl methyl sites for hydroxylation is 1. The lowest BCUT2D eigenvalue weighted by atomic mass is 10.2. The van der Waals surface area contributed by atoms with Gasteiger partial charge in [-0.05, 0) is 36.2 Å². The van der Waals surface area contributed by atoms with Gasteiger partial charge in [0.1, 0.15) is 0 Å². The summed E-state index contributed by atoms with van der Waals surface area (Å²) in [5.74, 6) is -0.0616. The van der Waals surface area contributed by atoms with Crippen LogP contribution < -0.4 is 0 Å². The molecule has 0 spiro atoms. The van der Waals surface area contributed by atoms with Crippen molar-refractivity contribution in [2.24, 2.45) is 0 Å². The summed E-state index contributed by atoms with van der Waals surface area (Å²) in [5.41, 5.74) is 1.49. The topological polar surface area (TPSA) is 63.1 Å². The van der Waals surface area contributed by atoms with Crippen LogP contribution in [0.3, 0.4) is 0 Å². The Kier molecular flexibility index (Phi) is 4.30. The van der Waals surface area contributed by atoms with Gasteiger partial charge >= 0.3 is 5.97 Å². The Labute approximate surface area is 109 Å². The third-order valence-corrected chi connectivity index (χ3v) is 3.30. The average Bonchev–Trinajstić information content (AvgIpc) is 2.40. The maximum Gasteiger partial charge on any atom is 0.335 e. The molecular weight excluding hydrogens is 248 g/mol. The molecule has 2 aromatic rings. The van der Waals surface area contributed by atoms with Gasteiger partial charge in [-0.15, -0.1) is 11.8 Å². The van der Waals surface area contributed by atoms with E-state index in [1.165, 1.54) is 17.8 Å². The molecule has 92 valence electrons. The van der Waals surface area contributed by atoms with E-state index >= 15 is 0 Å². The zero-order chi connectivity index (χ0) is 12.8. The molecule has 0 saturated heterocycles. The third-order valence-electron chi connectivity index (χ3n) is 2.37. The normalized spacial score (nSPS) is 10.2. The van der Waals surface area contributed by atoms with E-state index in [0.717, 1.165) is 17.2 Å². The van der Waals surface area contributed by atoms with Crippen LogP contribution in [-0.2, 0) is 6.42 Å². The van der Waals surface area contributed by atoms with Gasteiger partial charge in [-0.2, -0.15) is 0 Å². The Morgan fingerprint density at radius 2 is 2.00 bits per heavy atom. The summed E-state index contributed by atoms with van der Waals surface area (Å²) in [4.78, 5) is 18.9. The molecule has 0 radical (unpaired) electrons. The number of hydrogen-bond acceptors (Lipinski definition) is 4. The second-order valence-electron chi connectivity index (χ2n) is 3.64. The molecule has 4 nitrogen and oxygen atoms in total. The van der Waals surface area contributed by atoms with Gasteiger partial charge in [0.25, 0.3) is 0 Å². The van der Waals surface area contributed by atoms with Gasteiger partial charge in [0.15, 0.2) is 0 Å². The standard InChI is InChI=1S/C13H12N2O2S/c16-13(17)11-3-7-15-12(9-11)18-8-4-10-1-5-14-6-2-10/h1-3,5-7,9H,4,8H2,(H,16,17). The molecule has 0 aliphatic heterocycles. The summed E-state index contributed by atoms with van der Waals surface area (Å²) in [6.45, 7) is 0. The van der Waals surface area contributed by atoms with E-state index in [1.807, 2.05) is 12.1 Å². The van der Waals surface area contributed by atoms with Crippen LogP contribution in [0.5, 0.6) is 0 Å². The van der Waals surface area contributed by atoms with Crippen molar-refractivity contribution in [3.05, 3.63) is 54.0 Å². The highest BCUT2D eigenvalue weighted by Gasteiger charge is 2.04. The van der Waals surface area contributed by atoms with Crippen LogP contribution in [-0.4, -0.2) is 26.8 Å². The largest absolute Gasteiger partial charge is 0.478 e. The highest BCUT2D eigenvalue weighted by molar-refractivity contribution is 7.99. The number of aromatic nitrogens is 2. The SMILES string of the molecule is O=C(O)c1ccnc(SCCc2ccncc2)c1. The minimum Gasteiger partial charge on any atom is -0.478 e. The Bertz CT molecular complexity index is 532. The maximum absolute atomic E-state index is 10.8. The van der Waals surface area contributed by atoms with Crippen molar-refractivity contribution in [1.29, 1.82) is 0 Å². The van der Waals surface area contributed by atoms with Gasteiger partial charge in [-0.1, -0.05) is 0 Å². The van der Waals surface area contributed by atoms with Gasteiger partial charge in [0.2, 0.25) is 0 Å². The summed E-state index contributed by atoms with van der Waals surface area (Å²) >= 11 is 1.55. The average molecular weight is 260 g/mol. The predicted octanol–water partition coefficient (Wildman–Crippen LogP) is 2.51. The smallest absolute Gasteiger partial charge is 0.335 e. The monoisotopic (exact) mass is 260 g/mol. The number of carboxylic acids is 1. The van der Waals surface area contributed by atoms with Crippen LogP contribution in [0.25, 0.3) is 0 Å². The minimum absolute atomic E-state index is 0.274. The fraction of sp³-hybridized carbons (Fsp3) is 0.154. The Hall–Kier alpha value is -1.88. The fourth-order valence-corrected chi connectivity index (χ4v) is 2.34. The van der Waals surface area contributed by atoms with Gasteiger partial charge in [0.05, 0.1) is 10.6 Å². The molecule has 0 unspecified atom stereocenters. The Morgan fingerprint density at radius 1 is 1.22 bits per heavy atom. The van der Waals surface area contributed by atoms with Crippen molar-refractivity contribution in [3.8, 4) is 0 Å². The number of nitrogens with zero attached hydrogens (tertiary/aromatic N) is 2. The highest BCUT2D eigenvalue weighted by Crippen LogP contribution is 2.17. The molecule has 2 rings (SSSR count). The van der Waals surface area contributed by atoms with Crippen LogP contribution in [0.15, 0.2) is 47.9 Å². The summed E-state index contributed by atoms with van der Waals surface area (Å²) < 4.78 is 0. The van der Waals surface area contributed by atoms with E-state index in [-0.39, 0.29) is 5.56 Å². The molecule has 0 bridgehead atoms. The van der Waals surface area contributed by atoms with Crippen LogP contribution in [0, 0.1) is 0 Å². The van der Waals surface area contributed by atoms with Crippen molar-refractivity contribution in [1.82, 2.24) is 9.97 Å². The highest BCUT2D eigenvalue weighted by atomic mass is 32.2. The molecule has 5 heteroatoms. The first-order chi connectivity index (χ1) is 8.75. The summed E-state index contributed by atoms with van der Waals surface area (Å²) in [6, 6.07) is 7.04. The lowest BCUT2D eigenvalue weighted by Gasteiger charge is -2.02. The lowest BCUT2D eigenvalue weighted by molar-refractivity contribution is 0.0696. The summed E-state index contributed by atoms with van der Waals surface area (Å²) in [5, 5.41) is 9.61. The molecule has 18 heavy (non-hydrogen) atoms. The molecule has 0 atom stereocenters. The van der Waals surface area contributed by atoms with Crippen molar-refractivity contribution < 1.29 is 9.90 Å². The van der Waals surface area contributed by atoms with E-state index in [4.69, 9.17) is 5.11 Å². The van der Waals surface area contributed by atoms with Gasteiger partial charge in [0, 0.05) is 24.3 Å². The molecular formula is C13H12N2O2S. The van der Waals surface area contributed by atoms with Gasteiger partial charge in [-0.3, -0.25) is 4.98 Å². The molecule has 2 aromatic heterocycles. The second-order valence-corrected chi connectivity index (χ2v) is 4.76. The van der Waals surface area contributed by atoms with Crippen molar-refractivity contribution in [3.63, 3.8) is 0 Å². The summed E-state index contributed by atoms with van der Waals surface area (Å²) in [7, 11) is 0. The van der Waals surface area contributed by atoms with Gasteiger partial charge in [-0.25, -0.2) is 9.78 Å². The number of pyridine rings is 2. The number of rotatable bonds is 5. The number of carbonyl (C=O) groups is 1. The molecule has 0 aliphatic rings. The molecule has 1 N–H and O–H groups in total. The zero-order valence-corrected chi connectivity index (χ0v) is 10.4. The molecule has 0 fully saturated rings. The van der Waals surface area contributed by atoms with Crippen molar-refractivity contribution in [2.45, 2.75) is 11.4 Å². The van der Waals surface area contributed by atoms with E-state index < -0.39 is 5.97 Å². The molecule has 2 heterocycles. The molecule has 0 aliphatic carbocycles. The third kappa shape index (κ3) is 3.56. The van der Waals surface area contributed by atoms with Crippen LogP contribution >= 0.6 is 11.8 Å². The minimum atomic E-state index is -0.923. The molecule has 0 aromatic carbocycles. The lowest BCUT2D eigenvalue weighted by Crippen LogP contribution is -1.97. The quantitative estimate of drug-likeness (QED) is 0.837. The number of aromatic carboxylic acids is 1. The van der Waals surface area contributed by atoms with E-state index in [9.17, 15) is 4.79 Å². The molecule has 0 amide bonds. The Morgan fingerprint density at radius 3 is 2.72 bits per heavy atom. The zero-order valence-electron chi connectivity index (χ0n) is 9.61. The first-order valence-electron chi connectivity index (χ1n) is 5.47. The van der Waals surface area contributed by atoms with Crippen LogP contribution in [0.1, 0.15) is 15.9 Å². The Balaban J connectivity index is 1.90. The van der Waals surface area contributed by atoms with Crippen LogP contribution in [0.2, 0.25) is 0 Å². The van der Waals surface area contributed by atoms with Crippen molar-refractivity contribution in [2.75, 3.05) is 5.75 Å². The number of hydrogen-bond donors (Lipinski definition) is 1. The first-order valence-corrected chi connectivity index (χ1v) is 6.45. The summed E-state index contributed by atoms with van der Waals surface area (Å²) in [6.07, 6.45) is 5.97. The molecule has 0 saturated carbocycles. The fourth-order valence-electron chi connectivity index (χ4n) is 1.44. The second kappa shape index (κ2) is 6.16. The number of thioether (sulfide) groups is 1. The van der Waals surface area contributed by atoms with E-state index in [0.29, 0.717) is 0 Å². The van der Waals surface area contributed by atoms with E-state index in [2.05, 4.69) is 9.97 Å². The predicted molar refractivity (Wildman–Crippen MR) is 69.9 cm³/mol. The van der Waals surface area contributed by atoms with E-state index in [1.54, 1.807) is 30.2 Å². The first kappa shape index (κ1) is 12.6. The van der Waals surface area contributed by atoms with Crippen molar-refractivity contribution >= 4 is 17.7 Å². The number of carboxylic acid groups (broad SMARTS) is 1.